The highest BCUT2D eigenvalue weighted by molar-refractivity contribution is 7.89. The van der Waals surface area contributed by atoms with Crippen molar-refractivity contribution in [2.45, 2.75) is 30.8 Å². The van der Waals surface area contributed by atoms with Crippen molar-refractivity contribution in [2.75, 3.05) is 6.79 Å². The van der Waals surface area contributed by atoms with E-state index in [-0.39, 0.29) is 17.7 Å². The van der Waals surface area contributed by atoms with Crippen LogP contribution in [0.2, 0.25) is 5.02 Å². The molecular weight excluding hydrogens is 392 g/mol. The normalized spacial score (nSPS) is 15.2. The predicted octanol–water partition coefficient (Wildman–Crippen LogP) is 2.61. The Hall–Kier alpha value is -2.29. The Bertz CT molecular complexity index is 947. The molecule has 3 rings (SSSR count). The summed E-state index contributed by atoms with van der Waals surface area (Å²) in [6, 6.07) is 9.79. The number of ether oxygens (including phenoxy) is 2. The molecule has 1 heterocycles. The number of nitrogens with one attached hydrogen (secondary N) is 2. The molecule has 7 nitrogen and oxygen atoms in total. The van der Waals surface area contributed by atoms with Gasteiger partial charge in [0, 0.05) is 5.02 Å². The summed E-state index contributed by atoms with van der Waals surface area (Å²) in [7, 11) is -3.84. The Morgan fingerprint density at radius 2 is 1.74 bits per heavy atom. The molecule has 144 valence electrons. The molecule has 0 unspecified atom stereocenters. The third-order valence-corrected chi connectivity index (χ3v) is 5.91. The van der Waals surface area contributed by atoms with Gasteiger partial charge in [-0.25, -0.2) is 8.42 Å². The highest BCUT2D eigenvalue weighted by Crippen LogP contribution is 2.34. The third kappa shape index (κ3) is 4.52. The molecule has 0 aromatic heterocycles. The van der Waals surface area contributed by atoms with Crippen LogP contribution in [0, 0.1) is 0 Å². The summed E-state index contributed by atoms with van der Waals surface area (Å²) in [5, 5.41) is 3.21. The average molecular weight is 411 g/mol. The SMILES string of the molecule is C[C@H](NS(=O)(=O)c1ccc(Cl)cc1)C(=O)N[C@@H](C)c1ccc2c(c1)OCO2. The highest BCUT2D eigenvalue weighted by Gasteiger charge is 2.24. The summed E-state index contributed by atoms with van der Waals surface area (Å²) < 4.78 is 37.7. The fraction of sp³-hybridized carbons (Fsp3) is 0.278. The van der Waals surface area contributed by atoms with E-state index >= 15 is 0 Å². The van der Waals surface area contributed by atoms with Gasteiger partial charge in [-0.2, -0.15) is 4.72 Å². The molecule has 1 aliphatic heterocycles. The minimum atomic E-state index is -3.84. The van der Waals surface area contributed by atoms with Gasteiger partial charge in [-0.15, -0.1) is 0 Å². The fourth-order valence-electron chi connectivity index (χ4n) is 2.57. The Morgan fingerprint density at radius 3 is 2.44 bits per heavy atom. The number of hydrogen-bond donors (Lipinski definition) is 2. The van der Waals surface area contributed by atoms with Crippen LogP contribution in [0.5, 0.6) is 11.5 Å². The van der Waals surface area contributed by atoms with Crippen molar-refractivity contribution in [3.8, 4) is 11.5 Å². The summed E-state index contributed by atoms with van der Waals surface area (Å²) in [6.07, 6.45) is 0. The van der Waals surface area contributed by atoms with E-state index in [1.807, 2.05) is 6.07 Å². The van der Waals surface area contributed by atoms with Crippen LogP contribution in [0.4, 0.5) is 0 Å². The van der Waals surface area contributed by atoms with Crippen LogP contribution in [0.3, 0.4) is 0 Å². The molecule has 0 spiro atoms. The van der Waals surface area contributed by atoms with Gasteiger partial charge in [0.1, 0.15) is 0 Å². The Morgan fingerprint density at radius 1 is 1.07 bits per heavy atom. The van der Waals surface area contributed by atoms with E-state index in [0.717, 1.165) is 5.56 Å². The number of amides is 1. The summed E-state index contributed by atoms with van der Waals surface area (Å²) in [4.78, 5) is 12.4. The smallest absolute Gasteiger partial charge is 0.241 e. The first-order chi connectivity index (χ1) is 12.8. The monoisotopic (exact) mass is 410 g/mol. The molecule has 1 amide bonds. The van der Waals surface area contributed by atoms with E-state index in [1.165, 1.54) is 31.2 Å². The number of halogens is 1. The first-order valence-corrected chi connectivity index (χ1v) is 10.1. The van der Waals surface area contributed by atoms with Crippen LogP contribution in [0.15, 0.2) is 47.4 Å². The van der Waals surface area contributed by atoms with E-state index in [0.29, 0.717) is 16.5 Å². The van der Waals surface area contributed by atoms with Gasteiger partial charge in [-0.05, 0) is 55.8 Å². The summed E-state index contributed by atoms with van der Waals surface area (Å²) in [5.41, 5.74) is 0.820. The zero-order chi connectivity index (χ0) is 19.6. The standard InChI is InChI=1S/C18H19ClN2O5S/c1-11(13-3-8-16-17(9-13)26-10-25-16)20-18(22)12(2)21-27(23,24)15-6-4-14(19)5-7-15/h3-9,11-12,21H,10H2,1-2H3,(H,20,22)/t11-,12-/m0/s1. The van der Waals surface area contributed by atoms with Gasteiger partial charge in [0.25, 0.3) is 0 Å². The van der Waals surface area contributed by atoms with E-state index in [4.69, 9.17) is 21.1 Å². The third-order valence-electron chi connectivity index (χ3n) is 4.10. The average Bonchev–Trinajstić information content (AvgIpc) is 3.09. The van der Waals surface area contributed by atoms with E-state index in [1.54, 1.807) is 19.1 Å². The molecule has 0 aliphatic carbocycles. The molecule has 9 heteroatoms. The molecular formula is C18H19ClN2O5S. The first kappa shape index (κ1) is 19.5. The largest absolute Gasteiger partial charge is 0.454 e. The minimum absolute atomic E-state index is 0.0374. The number of carbonyl (C=O) groups excluding carboxylic acids is 1. The van der Waals surface area contributed by atoms with E-state index in [9.17, 15) is 13.2 Å². The molecule has 27 heavy (non-hydrogen) atoms. The number of sulfonamides is 1. The highest BCUT2D eigenvalue weighted by atomic mass is 35.5. The second-order valence-electron chi connectivity index (χ2n) is 6.14. The maximum absolute atomic E-state index is 12.4. The lowest BCUT2D eigenvalue weighted by Gasteiger charge is -2.19. The van der Waals surface area contributed by atoms with Gasteiger partial charge in [-0.3, -0.25) is 4.79 Å². The molecule has 0 radical (unpaired) electrons. The number of carbonyl (C=O) groups is 1. The first-order valence-electron chi connectivity index (χ1n) is 8.24. The zero-order valence-electron chi connectivity index (χ0n) is 14.7. The second-order valence-corrected chi connectivity index (χ2v) is 8.29. The van der Waals surface area contributed by atoms with Crippen LogP contribution in [0.25, 0.3) is 0 Å². The van der Waals surface area contributed by atoms with Crippen LogP contribution in [-0.4, -0.2) is 27.2 Å². The van der Waals surface area contributed by atoms with Gasteiger partial charge in [0.05, 0.1) is 17.0 Å². The van der Waals surface area contributed by atoms with Crippen molar-refractivity contribution in [1.29, 1.82) is 0 Å². The maximum Gasteiger partial charge on any atom is 0.241 e. The van der Waals surface area contributed by atoms with Crippen LogP contribution >= 0.6 is 11.6 Å². The van der Waals surface area contributed by atoms with Gasteiger partial charge in [0.2, 0.25) is 22.7 Å². The second kappa shape index (κ2) is 7.75. The van der Waals surface area contributed by atoms with Gasteiger partial charge in [0.15, 0.2) is 11.5 Å². The van der Waals surface area contributed by atoms with Crippen molar-refractivity contribution >= 4 is 27.5 Å². The molecule has 2 aromatic rings. The Labute approximate surface area is 162 Å². The number of hydrogen-bond acceptors (Lipinski definition) is 5. The lowest BCUT2D eigenvalue weighted by atomic mass is 10.1. The number of rotatable bonds is 6. The van der Waals surface area contributed by atoms with Gasteiger partial charge in [-0.1, -0.05) is 17.7 Å². The van der Waals surface area contributed by atoms with E-state index in [2.05, 4.69) is 10.0 Å². The quantitative estimate of drug-likeness (QED) is 0.763. The van der Waals surface area contributed by atoms with Crippen molar-refractivity contribution in [1.82, 2.24) is 10.0 Å². The topological polar surface area (TPSA) is 93.7 Å². The molecule has 2 aromatic carbocycles. The van der Waals surface area contributed by atoms with Crippen molar-refractivity contribution in [2.24, 2.45) is 0 Å². The number of benzene rings is 2. The molecule has 0 bridgehead atoms. The fourth-order valence-corrected chi connectivity index (χ4v) is 3.90. The summed E-state index contributed by atoms with van der Waals surface area (Å²) in [5.74, 6) is 0.823. The molecule has 0 fully saturated rings. The van der Waals surface area contributed by atoms with Gasteiger partial charge >= 0.3 is 0 Å². The summed E-state index contributed by atoms with van der Waals surface area (Å²) >= 11 is 5.77. The lowest BCUT2D eigenvalue weighted by molar-refractivity contribution is -0.123. The van der Waals surface area contributed by atoms with Crippen LogP contribution in [0.1, 0.15) is 25.5 Å². The molecule has 0 saturated carbocycles. The maximum atomic E-state index is 12.4. The Balaban J connectivity index is 1.64. The van der Waals surface area contributed by atoms with Crippen LogP contribution in [-0.2, 0) is 14.8 Å². The predicted molar refractivity (Wildman–Crippen MR) is 100 cm³/mol. The van der Waals surface area contributed by atoms with Crippen molar-refractivity contribution in [3.63, 3.8) is 0 Å². The summed E-state index contributed by atoms with van der Waals surface area (Å²) in [6.45, 7) is 3.45. The van der Waals surface area contributed by atoms with Crippen molar-refractivity contribution in [3.05, 3.63) is 53.1 Å². The minimum Gasteiger partial charge on any atom is -0.454 e. The van der Waals surface area contributed by atoms with E-state index < -0.39 is 22.0 Å². The molecule has 2 atom stereocenters. The molecule has 1 aliphatic rings. The van der Waals surface area contributed by atoms with Crippen LogP contribution < -0.4 is 19.5 Å². The van der Waals surface area contributed by atoms with Crippen molar-refractivity contribution < 1.29 is 22.7 Å². The zero-order valence-corrected chi connectivity index (χ0v) is 16.3. The van der Waals surface area contributed by atoms with Gasteiger partial charge < -0.3 is 14.8 Å². The molecule has 2 N–H and O–H groups in total. The molecule has 0 saturated heterocycles. The number of fused-ring (bicyclic) bond motifs is 1. The Kier molecular flexibility index (Phi) is 5.59. The lowest BCUT2D eigenvalue weighted by Crippen LogP contribution is -2.45.